The summed E-state index contributed by atoms with van der Waals surface area (Å²) < 4.78 is 5.38. The highest BCUT2D eigenvalue weighted by atomic mass is 16.5. The summed E-state index contributed by atoms with van der Waals surface area (Å²) in [7, 11) is 3.66. The average Bonchev–Trinajstić information content (AvgIpc) is 2.44. The van der Waals surface area contributed by atoms with Crippen LogP contribution in [0.4, 0.5) is 5.82 Å². The van der Waals surface area contributed by atoms with E-state index in [4.69, 9.17) is 4.74 Å². The average molecular weight is 259 g/mol. The molecule has 0 aliphatic carbocycles. The second kappa shape index (κ2) is 6.38. The van der Waals surface area contributed by atoms with E-state index in [9.17, 15) is 0 Å². The number of rotatable bonds is 6. The molecule has 4 heteroatoms. The fraction of sp³-hybridized carbons (Fsp3) is 0.400. The lowest BCUT2D eigenvalue weighted by molar-refractivity contribution is 0.420. The molecule has 0 radical (unpaired) electrons. The van der Waals surface area contributed by atoms with Gasteiger partial charge in [-0.3, -0.25) is 0 Å². The molecule has 0 fully saturated rings. The topological polar surface area (TPSA) is 46.2 Å². The Balaban J connectivity index is 2.24. The maximum Gasteiger partial charge on any atom is 0.133 e. The fourth-order valence-corrected chi connectivity index (χ4v) is 2.19. The zero-order valence-electron chi connectivity index (χ0n) is 11.7. The molecule has 0 aliphatic rings. The molecule has 0 amide bonds. The van der Waals surface area contributed by atoms with Crippen LogP contribution in [0, 0.1) is 5.92 Å². The maximum absolute atomic E-state index is 5.38. The number of anilines is 1. The van der Waals surface area contributed by atoms with E-state index in [-0.39, 0.29) is 0 Å². The minimum atomic E-state index is 0.549. The Hall–Kier alpha value is -1.81. The van der Waals surface area contributed by atoms with Crippen molar-refractivity contribution in [1.82, 2.24) is 10.3 Å². The molecule has 2 N–H and O–H groups in total. The SMILES string of the molecule is CNCC(C)CNc1nccc2c(OC)cccc12. The molecule has 0 spiro atoms. The molecule has 2 rings (SSSR count). The Morgan fingerprint density at radius 3 is 2.79 bits per heavy atom. The van der Waals surface area contributed by atoms with Crippen LogP contribution in [0.2, 0.25) is 0 Å². The Bertz CT molecular complexity index is 542. The van der Waals surface area contributed by atoms with Gasteiger partial charge in [0.05, 0.1) is 7.11 Å². The standard InChI is InChI=1S/C15H21N3O/c1-11(9-16-2)10-18-15-13-5-4-6-14(19-3)12(13)7-8-17-15/h4-8,11,16H,9-10H2,1-3H3,(H,17,18). The quantitative estimate of drug-likeness (QED) is 0.836. The van der Waals surface area contributed by atoms with Gasteiger partial charge in [-0.05, 0) is 31.6 Å². The van der Waals surface area contributed by atoms with Crippen LogP contribution >= 0.6 is 0 Å². The third-order valence-electron chi connectivity index (χ3n) is 3.16. The molecule has 4 nitrogen and oxygen atoms in total. The molecule has 1 atom stereocenters. The Labute approximate surface area is 114 Å². The van der Waals surface area contributed by atoms with E-state index in [0.29, 0.717) is 5.92 Å². The Kier molecular flexibility index (Phi) is 4.58. The Morgan fingerprint density at radius 1 is 1.21 bits per heavy atom. The van der Waals surface area contributed by atoms with Crippen molar-refractivity contribution >= 4 is 16.6 Å². The van der Waals surface area contributed by atoms with Crippen LogP contribution in [0.25, 0.3) is 10.8 Å². The summed E-state index contributed by atoms with van der Waals surface area (Å²) in [5, 5.41) is 8.78. The van der Waals surface area contributed by atoms with Gasteiger partial charge in [-0.25, -0.2) is 4.98 Å². The number of ether oxygens (including phenoxy) is 1. The predicted octanol–water partition coefficient (Wildman–Crippen LogP) is 2.51. The number of pyridine rings is 1. The molecule has 0 saturated carbocycles. The molecule has 2 aromatic rings. The lowest BCUT2D eigenvalue weighted by atomic mass is 10.1. The van der Waals surface area contributed by atoms with Crippen molar-refractivity contribution in [3.05, 3.63) is 30.5 Å². The van der Waals surface area contributed by atoms with Gasteiger partial charge in [-0.1, -0.05) is 19.1 Å². The first-order valence-corrected chi connectivity index (χ1v) is 6.56. The van der Waals surface area contributed by atoms with Crippen molar-refractivity contribution in [1.29, 1.82) is 0 Å². The number of hydrogen-bond donors (Lipinski definition) is 2. The van der Waals surface area contributed by atoms with Crippen LogP contribution in [0.5, 0.6) is 5.75 Å². The van der Waals surface area contributed by atoms with Crippen molar-refractivity contribution in [2.75, 3.05) is 32.6 Å². The summed E-state index contributed by atoms with van der Waals surface area (Å²) in [5.41, 5.74) is 0. The molecule has 0 aliphatic heterocycles. The van der Waals surface area contributed by atoms with Crippen molar-refractivity contribution in [2.45, 2.75) is 6.92 Å². The minimum Gasteiger partial charge on any atom is -0.496 e. The normalized spacial score (nSPS) is 12.4. The van der Waals surface area contributed by atoms with Gasteiger partial charge < -0.3 is 15.4 Å². The smallest absolute Gasteiger partial charge is 0.133 e. The molecule has 1 unspecified atom stereocenters. The van der Waals surface area contributed by atoms with E-state index in [1.54, 1.807) is 7.11 Å². The second-order valence-corrected chi connectivity index (χ2v) is 4.76. The number of aromatic nitrogens is 1. The summed E-state index contributed by atoms with van der Waals surface area (Å²) >= 11 is 0. The zero-order valence-corrected chi connectivity index (χ0v) is 11.7. The number of nitrogens with one attached hydrogen (secondary N) is 2. The number of hydrogen-bond acceptors (Lipinski definition) is 4. The van der Waals surface area contributed by atoms with Crippen LogP contribution in [0.3, 0.4) is 0 Å². The number of methoxy groups -OCH3 is 1. The highest BCUT2D eigenvalue weighted by Crippen LogP contribution is 2.28. The van der Waals surface area contributed by atoms with Crippen molar-refractivity contribution < 1.29 is 4.74 Å². The first-order chi connectivity index (χ1) is 9.26. The van der Waals surface area contributed by atoms with E-state index in [0.717, 1.165) is 35.4 Å². The van der Waals surface area contributed by atoms with E-state index in [1.165, 1.54) is 0 Å². The largest absolute Gasteiger partial charge is 0.496 e. The van der Waals surface area contributed by atoms with Crippen molar-refractivity contribution in [3.63, 3.8) is 0 Å². The summed E-state index contributed by atoms with van der Waals surface area (Å²) in [4.78, 5) is 4.43. The van der Waals surface area contributed by atoms with E-state index in [2.05, 4.69) is 28.6 Å². The number of nitrogens with zero attached hydrogens (tertiary/aromatic N) is 1. The zero-order chi connectivity index (χ0) is 13.7. The monoisotopic (exact) mass is 259 g/mol. The van der Waals surface area contributed by atoms with Gasteiger partial charge >= 0.3 is 0 Å². The molecule has 1 heterocycles. The van der Waals surface area contributed by atoms with Gasteiger partial charge in [-0.15, -0.1) is 0 Å². The van der Waals surface area contributed by atoms with Crippen LogP contribution in [-0.2, 0) is 0 Å². The number of fused-ring (bicyclic) bond motifs is 1. The lowest BCUT2D eigenvalue weighted by Crippen LogP contribution is -2.23. The predicted molar refractivity (Wildman–Crippen MR) is 79.9 cm³/mol. The highest BCUT2D eigenvalue weighted by molar-refractivity contribution is 5.95. The molecular formula is C15H21N3O. The van der Waals surface area contributed by atoms with Gasteiger partial charge in [0.15, 0.2) is 0 Å². The van der Waals surface area contributed by atoms with Gasteiger partial charge in [0.1, 0.15) is 11.6 Å². The van der Waals surface area contributed by atoms with Crippen LogP contribution < -0.4 is 15.4 Å². The molecule has 0 bridgehead atoms. The molecule has 0 saturated heterocycles. The lowest BCUT2D eigenvalue weighted by Gasteiger charge is -2.14. The summed E-state index contributed by atoms with van der Waals surface area (Å²) in [5.74, 6) is 2.35. The van der Waals surface area contributed by atoms with Crippen LogP contribution in [0.15, 0.2) is 30.5 Å². The van der Waals surface area contributed by atoms with E-state index < -0.39 is 0 Å². The summed E-state index contributed by atoms with van der Waals surface area (Å²) in [6.07, 6.45) is 1.82. The van der Waals surface area contributed by atoms with Crippen LogP contribution in [-0.4, -0.2) is 32.2 Å². The third kappa shape index (κ3) is 3.15. The Morgan fingerprint density at radius 2 is 2.05 bits per heavy atom. The molecule has 19 heavy (non-hydrogen) atoms. The van der Waals surface area contributed by atoms with Crippen molar-refractivity contribution in [3.8, 4) is 5.75 Å². The third-order valence-corrected chi connectivity index (χ3v) is 3.16. The molecule has 102 valence electrons. The van der Waals surface area contributed by atoms with Gasteiger partial charge in [0.25, 0.3) is 0 Å². The van der Waals surface area contributed by atoms with E-state index in [1.807, 2.05) is 31.4 Å². The van der Waals surface area contributed by atoms with Crippen molar-refractivity contribution in [2.24, 2.45) is 5.92 Å². The minimum absolute atomic E-state index is 0.549. The van der Waals surface area contributed by atoms with Gasteiger partial charge in [0.2, 0.25) is 0 Å². The fourth-order valence-electron chi connectivity index (χ4n) is 2.19. The van der Waals surface area contributed by atoms with Gasteiger partial charge in [0, 0.05) is 23.5 Å². The number of benzene rings is 1. The first-order valence-electron chi connectivity index (χ1n) is 6.56. The molecule has 1 aromatic carbocycles. The summed E-state index contributed by atoms with van der Waals surface area (Å²) in [6.45, 7) is 4.08. The summed E-state index contributed by atoms with van der Waals surface area (Å²) in [6, 6.07) is 8.01. The molecular weight excluding hydrogens is 238 g/mol. The molecule has 1 aromatic heterocycles. The first kappa shape index (κ1) is 13.6. The second-order valence-electron chi connectivity index (χ2n) is 4.76. The maximum atomic E-state index is 5.38. The van der Waals surface area contributed by atoms with Crippen LogP contribution in [0.1, 0.15) is 6.92 Å². The van der Waals surface area contributed by atoms with E-state index >= 15 is 0 Å². The van der Waals surface area contributed by atoms with Gasteiger partial charge in [-0.2, -0.15) is 0 Å². The highest BCUT2D eigenvalue weighted by Gasteiger charge is 2.07.